The zero-order valence-corrected chi connectivity index (χ0v) is 8.86. The average Bonchev–Trinajstić information content (AvgIpc) is 2.18. The molecule has 0 radical (unpaired) electrons. The van der Waals surface area contributed by atoms with Crippen LogP contribution in [0.15, 0.2) is 18.2 Å². The maximum Gasteiger partial charge on any atom is 0.707 e. The molecule has 1 aromatic rings. The molecule has 0 atom stereocenters. The highest BCUT2D eigenvalue weighted by atomic mass is 19.4. The van der Waals surface area contributed by atoms with Crippen molar-refractivity contribution >= 4 is 7.32 Å². The van der Waals surface area contributed by atoms with E-state index in [4.69, 9.17) is 14.8 Å². The van der Waals surface area contributed by atoms with Gasteiger partial charge in [0, 0.05) is 0 Å². The second-order valence-electron chi connectivity index (χ2n) is 3.04. The van der Waals surface area contributed by atoms with Gasteiger partial charge >= 0.3 is 13.5 Å². The Morgan fingerprint density at radius 1 is 1.24 bits per heavy atom. The Morgan fingerprint density at radius 3 is 2.35 bits per heavy atom. The van der Waals surface area contributed by atoms with Crippen LogP contribution in [0.25, 0.3) is 0 Å². The molecule has 0 bridgehead atoms. The fourth-order valence-corrected chi connectivity index (χ4v) is 1.16. The molecule has 17 heavy (non-hydrogen) atoms. The van der Waals surface area contributed by atoms with Crippen molar-refractivity contribution in [3.8, 4) is 11.5 Å². The smallest absolute Gasteiger partial charge is 0.509 e. The third-order valence-corrected chi connectivity index (χ3v) is 1.80. The van der Waals surface area contributed by atoms with E-state index < -0.39 is 19.1 Å². The van der Waals surface area contributed by atoms with E-state index in [0.717, 1.165) is 12.1 Å². The second-order valence-corrected chi connectivity index (χ2v) is 3.04. The van der Waals surface area contributed by atoms with Crippen molar-refractivity contribution in [2.45, 2.75) is 13.1 Å². The van der Waals surface area contributed by atoms with Crippen LogP contribution in [-0.4, -0.2) is 24.0 Å². The van der Waals surface area contributed by atoms with Gasteiger partial charge in [0.25, 0.3) is 0 Å². The quantitative estimate of drug-likeness (QED) is 0.794. The zero-order chi connectivity index (χ0) is 13.1. The summed E-state index contributed by atoms with van der Waals surface area (Å²) in [5.41, 5.74) is -0.961. The fraction of sp³-hybridized carbons (Fsp3) is 0.333. The molecule has 1 aromatic carbocycles. The summed E-state index contributed by atoms with van der Waals surface area (Å²) in [5.74, 6) is -0.370. The van der Waals surface area contributed by atoms with Crippen LogP contribution >= 0.6 is 0 Å². The summed E-state index contributed by atoms with van der Waals surface area (Å²) < 4.78 is 46.6. The van der Waals surface area contributed by atoms with Crippen LogP contribution < -0.4 is 9.39 Å². The van der Waals surface area contributed by atoms with Crippen molar-refractivity contribution in [1.29, 1.82) is 0 Å². The second kappa shape index (κ2) is 5.28. The molecule has 0 unspecified atom stereocenters. The molecular formula is C9H10BF3O4. The molecule has 0 aromatic heterocycles. The predicted octanol–water partition coefficient (Wildman–Crippen LogP) is 1.45. The summed E-state index contributed by atoms with van der Waals surface area (Å²) in [6.45, 7) is 1.85. The molecule has 0 aliphatic heterocycles. The lowest BCUT2D eigenvalue weighted by Crippen LogP contribution is -2.21. The Morgan fingerprint density at radius 2 is 1.88 bits per heavy atom. The van der Waals surface area contributed by atoms with E-state index in [1.54, 1.807) is 6.92 Å². The van der Waals surface area contributed by atoms with Crippen LogP contribution in [0.4, 0.5) is 13.2 Å². The minimum Gasteiger partial charge on any atom is -0.509 e. The normalized spacial score (nSPS) is 11.2. The SMILES string of the molecule is CCOc1ccc(C(F)(F)F)cc1OB(O)O. The van der Waals surface area contributed by atoms with Crippen molar-refractivity contribution in [1.82, 2.24) is 0 Å². The molecule has 0 spiro atoms. The highest BCUT2D eigenvalue weighted by Crippen LogP contribution is 2.36. The summed E-state index contributed by atoms with van der Waals surface area (Å²) in [7, 11) is -2.21. The molecule has 8 heteroatoms. The third-order valence-electron chi connectivity index (χ3n) is 1.80. The Hall–Kier alpha value is -1.41. The molecule has 0 aliphatic carbocycles. The number of hydrogen-bond acceptors (Lipinski definition) is 4. The highest BCUT2D eigenvalue weighted by Gasteiger charge is 2.32. The fourth-order valence-electron chi connectivity index (χ4n) is 1.16. The molecule has 1 rings (SSSR count). The lowest BCUT2D eigenvalue weighted by Gasteiger charge is -2.14. The first-order valence-electron chi connectivity index (χ1n) is 4.71. The molecule has 0 aliphatic rings. The van der Waals surface area contributed by atoms with Crippen molar-refractivity contribution in [3.05, 3.63) is 23.8 Å². The van der Waals surface area contributed by atoms with E-state index in [9.17, 15) is 13.2 Å². The van der Waals surface area contributed by atoms with Crippen LogP contribution in [0.1, 0.15) is 12.5 Å². The van der Waals surface area contributed by atoms with Gasteiger partial charge in [-0.25, -0.2) is 0 Å². The van der Waals surface area contributed by atoms with E-state index in [1.165, 1.54) is 0 Å². The molecule has 0 saturated heterocycles. The first kappa shape index (κ1) is 13.7. The Labute approximate surface area is 95.8 Å². The number of alkyl halides is 3. The maximum absolute atomic E-state index is 12.4. The highest BCUT2D eigenvalue weighted by molar-refractivity contribution is 6.33. The minimum atomic E-state index is -4.54. The number of benzene rings is 1. The van der Waals surface area contributed by atoms with Crippen molar-refractivity contribution in [2.75, 3.05) is 6.61 Å². The molecular weight excluding hydrogens is 240 g/mol. The summed E-state index contributed by atoms with van der Waals surface area (Å²) in [6, 6.07) is 2.52. The Kier molecular flexibility index (Phi) is 4.25. The first-order chi connectivity index (χ1) is 7.84. The van der Waals surface area contributed by atoms with Gasteiger partial charge in [-0.05, 0) is 25.1 Å². The third kappa shape index (κ3) is 3.83. The molecule has 4 nitrogen and oxygen atoms in total. The van der Waals surface area contributed by atoms with Crippen molar-refractivity contribution in [3.63, 3.8) is 0 Å². The molecule has 0 fully saturated rings. The van der Waals surface area contributed by atoms with Gasteiger partial charge < -0.3 is 19.4 Å². The van der Waals surface area contributed by atoms with Gasteiger partial charge in [0.2, 0.25) is 0 Å². The van der Waals surface area contributed by atoms with E-state index in [-0.39, 0.29) is 18.1 Å². The van der Waals surface area contributed by atoms with E-state index >= 15 is 0 Å². The Balaban J connectivity index is 3.09. The van der Waals surface area contributed by atoms with Gasteiger partial charge in [-0.2, -0.15) is 13.2 Å². The van der Waals surface area contributed by atoms with E-state index in [0.29, 0.717) is 6.07 Å². The van der Waals surface area contributed by atoms with Gasteiger partial charge in [-0.1, -0.05) is 0 Å². The summed E-state index contributed by atoms with van der Waals surface area (Å²) in [6.07, 6.45) is -4.54. The number of ether oxygens (including phenoxy) is 1. The van der Waals surface area contributed by atoms with Gasteiger partial charge in [0.15, 0.2) is 5.75 Å². The predicted molar refractivity (Wildman–Crippen MR) is 53.4 cm³/mol. The topological polar surface area (TPSA) is 58.9 Å². The molecule has 0 amide bonds. The first-order valence-corrected chi connectivity index (χ1v) is 4.71. The van der Waals surface area contributed by atoms with Crippen LogP contribution in [-0.2, 0) is 6.18 Å². The molecule has 2 N–H and O–H groups in total. The molecule has 94 valence electrons. The number of halogens is 3. The lowest BCUT2D eigenvalue weighted by molar-refractivity contribution is -0.137. The number of hydrogen-bond donors (Lipinski definition) is 2. The standard InChI is InChI=1S/C9H10BF3O4/c1-2-16-7-4-3-6(9(11,12)13)5-8(7)17-10(14)15/h3-5,14-15H,2H2,1H3. The summed E-state index contributed by atoms with van der Waals surface area (Å²) in [4.78, 5) is 0. The van der Waals surface area contributed by atoms with Crippen molar-refractivity contribution in [2.24, 2.45) is 0 Å². The van der Waals surface area contributed by atoms with Crippen LogP contribution in [0.5, 0.6) is 11.5 Å². The lowest BCUT2D eigenvalue weighted by atomic mass is 10.1. The van der Waals surface area contributed by atoms with Crippen LogP contribution in [0, 0.1) is 0 Å². The monoisotopic (exact) mass is 250 g/mol. The molecule has 0 saturated carbocycles. The largest absolute Gasteiger partial charge is 0.707 e. The minimum absolute atomic E-state index is 0.00796. The van der Waals surface area contributed by atoms with Gasteiger partial charge in [0.05, 0.1) is 12.2 Å². The van der Waals surface area contributed by atoms with E-state index in [1.807, 2.05) is 0 Å². The van der Waals surface area contributed by atoms with Crippen molar-refractivity contribution < 1.29 is 32.6 Å². The van der Waals surface area contributed by atoms with E-state index in [2.05, 4.69) is 4.65 Å². The Bertz CT molecular complexity index is 381. The maximum atomic E-state index is 12.4. The van der Waals surface area contributed by atoms with Gasteiger partial charge in [-0.3, -0.25) is 0 Å². The van der Waals surface area contributed by atoms with Gasteiger partial charge in [-0.15, -0.1) is 0 Å². The van der Waals surface area contributed by atoms with Gasteiger partial charge in [0.1, 0.15) is 5.75 Å². The molecule has 0 heterocycles. The van der Waals surface area contributed by atoms with Crippen LogP contribution in [0.2, 0.25) is 0 Å². The summed E-state index contributed by atoms with van der Waals surface area (Å²) >= 11 is 0. The summed E-state index contributed by atoms with van der Waals surface area (Å²) in [5, 5.41) is 17.2. The zero-order valence-electron chi connectivity index (χ0n) is 8.86. The average molecular weight is 250 g/mol. The van der Waals surface area contributed by atoms with Crippen LogP contribution in [0.3, 0.4) is 0 Å². The number of rotatable bonds is 4.